The van der Waals surface area contributed by atoms with Crippen molar-refractivity contribution >= 4 is 28.0 Å². The molecule has 0 atom stereocenters. The Morgan fingerprint density at radius 1 is 1.30 bits per heavy atom. The standard InChI is InChI=1S/C21H32N2O2S2/c1-18(22(2)17-25)21(10-14-24)27-26-15-11-19-8-12-23(13-9-19)16-20-6-4-3-5-7-20/h3-7,17,19,24H,8-16H2,1-2H3/b21-18-. The largest absolute Gasteiger partial charge is 0.396 e. The number of hydrogen-bond acceptors (Lipinski definition) is 5. The average Bonchev–Trinajstić information content (AvgIpc) is 2.71. The van der Waals surface area contributed by atoms with Crippen molar-refractivity contribution in [3.8, 4) is 0 Å². The molecule has 1 aromatic carbocycles. The van der Waals surface area contributed by atoms with Gasteiger partial charge in [-0.05, 0) is 50.8 Å². The third-order valence-corrected chi connectivity index (χ3v) is 7.83. The molecule has 0 aliphatic carbocycles. The zero-order chi connectivity index (χ0) is 19.5. The van der Waals surface area contributed by atoms with Crippen LogP contribution in [0.1, 0.15) is 38.2 Å². The number of aliphatic hydroxyl groups excluding tert-OH is 1. The molecule has 1 fully saturated rings. The van der Waals surface area contributed by atoms with Gasteiger partial charge in [0.15, 0.2) is 0 Å². The summed E-state index contributed by atoms with van der Waals surface area (Å²) in [5, 5.41) is 9.26. The summed E-state index contributed by atoms with van der Waals surface area (Å²) in [5.74, 6) is 1.93. The summed E-state index contributed by atoms with van der Waals surface area (Å²) >= 11 is 0. The van der Waals surface area contributed by atoms with E-state index in [9.17, 15) is 9.90 Å². The van der Waals surface area contributed by atoms with Crippen LogP contribution in [0, 0.1) is 5.92 Å². The second kappa shape index (κ2) is 12.5. The lowest BCUT2D eigenvalue weighted by atomic mass is 9.94. The molecular weight excluding hydrogens is 376 g/mol. The first-order chi connectivity index (χ1) is 13.1. The highest BCUT2D eigenvalue weighted by Crippen LogP contribution is 2.36. The number of carbonyl (C=O) groups is 1. The number of aliphatic hydroxyl groups is 1. The minimum atomic E-state index is 0.118. The fourth-order valence-corrected chi connectivity index (χ4v) is 5.93. The van der Waals surface area contributed by atoms with Crippen LogP contribution in [0.25, 0.3) is 0 Å². The molecule has 1 aliphatic rings. The molecule has 0 unspecified atom stereocenters. The van der Waals surface area contributed by atoms with E-state index in [1.165, 1.54) is 37.9 Å². The van der Waals surface area contributed by atoms with Crippen LogP contribution >= 0.6 is 21.6 Å². The van der Waals surface area contributed by atoms with E-state index in [0.29, 0.717) is 6.42 Å². The van der Waals surface area contributed by atoms with Gasteiger partial charge in [-0.25, -0.2) is 0 Å². The molecule has 1 aromatic rings. The molecule has 27 heavy (non-hydrogen) atoms. The fraction of sp³-hybridized carbons (Fsp3) is 0.571. The zero-order valence-corrected chi connectivity index (χ0v) is 18.1. The summed E-state index contributed by atoms with van der Waals surface area (Å²) in [5.41, 5.74) is 2.34. The van der Waals surface area contributed by atoms with E-state index in [-0.39, 0.29) is 6.61 Å². The molecule has 1 heterocycles. The predicted octanol–water partition coefficient (Wildman–Crippen LogP) is 4.37. The van der Waals surface area contributed by atoms with E-state index in [0.717, 1.165) is 35.2 Å². The number of carbonyl (C=O) groups excluding carboxylic acids is 1. The molecule has 6 heteroatoms. The number of benzene rings is 1. The summed E-state index contributed by atoms with van der Waals surface area (Å²) in [6, 6.07) is 10.7. The molecule has 1 aliphatic heterocycles. The highest BCUT2D eigenvalue weighted by molar-refractivity contribution is 8.78. The molecule has 150 valence electrons. The molecule has 0 radical (unpaired) electrons. The van der Waals surface area contributed by atoms with Crippen LogP contribution in [0.5, 0.6) is 0 Å². The first kappa shape index (κ1) is 22.3. The van der Waals surface area contributed by atoms with Crippen molar-refractivity contribution < 1.29 is 9.90 Å². The average molecular weight is 409 g/mol. The van der Waals surface area contributed by atoms with Crippen LogP contribution in [0.3, 0.4) is 0 Å². The molecule has 1 saturated heterocycles. The number of amides is 1. The maximum Gasteiger partial charge on any atom is 0.213 e. The van der Waals surface area contributed by atoms with Crippen molar-refractivity contribution in [1.82, 2.24) is 9.80 Å². The highest BCUT2D eigenvalue weighted by Gasteiger charge is 2.19. The third-order valence-electron chi connectivity index (χ3n) is 5.15. The Labute approximate surface area is 171 Å². The van der Waals surface area contributed by atoms with Gasteiger partial charge < -0.3 is 10.0 Å². The lowest BCUT2D eigenvalue weighted by Gasteiger charge is -2.32. The van der Waals surface area contributed by atoms with E-state index < -0.39 is 0 Å². The first-order valence-electron chi connectivity index (χ1n) is 9.68. The van der Waals surface area contributed by atoms with Crippen molar-refractivity contribution in [1.29, 1.82) is 0 Å². The Bertz CT molecular complexity index is 587. The van der Waals surface area contributed by atoms with Crippen molar-refractivity contribution in [2.45, 2.75) is 39.2 Å². The van der Waals surface area contributed by atoms with E-state index in [1.54, 1.807) is 22.7 Å². The molecule has 2 rings (SSSR count). The SMILES string of the molecule is C/C(=C(\CCO)SSCCC1CCN(Cc2ccccc2)CC1)N(C)C=O. The smallest absolute Gasteiger partial charge is 0.213 e. The van der Waals surface area contributed by atoms with Crippen LogP contribution in [0.2, 0.25) is 0 Å². The summed E-state index contributed by atoms with van der Waals surface area (Å²) in [6.07, 6.45) is 5.24. The summed E-state index contributed by atoms with van der Waals surface area (Å²) in [6.45, 7) is 5.51. The fourth-order valence-electron chi connectivity index (χ4n) is 3.26. The van der Waals surface area contributed by atoms with Crippen LogP contribution in [0.15, 0.2) is 40.9 Å². The predicted molar refractivity (Wildman–Crippen MR) is 117 cm³/mol. The molecular formula is C21H32N2O2S2. The Morgan fingerprint density at radius 2 is 2.00 bits per heavy atom. The zero-order valence-electron chi connectivity index (χ0n) is 16.5. The van der Waals surface area contributed by atoms with Crippen LogP contribution in [-0.4, -0.2) is 53.8 Å². The molecule has 0 saturated carbocycles. The van der Waals surface area contributed by atoms with Crippen LogP contribution < -0.4 is 0 Å². The van der Waals surface area contributed by atoms with E-state index in [4.69, 9.17) is 0 Å². The van der Waals surface area contributed by atoms with Crippen molar-refractivity contribution in [3.63, 3.8) is 0 Å². The van der Waals surface area contributed by atoms with Crippen LogP contribution in [-0.2, 0) is 11.3 Å². The van der Waals surface area contributed by atoms with Crippen molar-refractivity contribution in [2.24, 2.45) is 5.92 Å². The van der Waals surface area contributed by atoms with Gasteiger partial charge in [0.25, 0.3) is 0 Å². The van der Waals surface area contributed by atoms with Crippen LogP contribution in [0.4, 0.5) is 0 Å². The van der Waals surface area contributed by atoms with Gasteiger partial charge in [-0.2, -0.15) is 0 Å². The van der Waals surface area contributed by atoms with Gasteiger partial charge in [0, 0.05) is 43.0 Å². The lowest BCUT2D eigenvalue weighted by molar-refractivity contribution is -0.115. The number of nitrogens with zero attached hydrogens (tertiary/aromatic N) is 2. The minimum Gasteiger partial charge on any atom is -0.396 e. The maximum absolute atomic E-state index is 10.9. The minimum absolute atomic E-state index is 0.118. The Balaban J connectivity index is 1.67. The number of likely N-dealkylation sites (tertiary alicyclic amines) is 1. The molecule has 1 amide bonds. The van der Waals surface area contributed by atoms with Gasteiger partial charge in [0.2, 0.25) is 6.41 Å². The van der Waals surface area contributed by atoms with Gasteiger partial charge in [-0.1, -0.05) is 51.9 Å². The molecule has 4 nitrogen and oxygen atoms in total. The van der Waals surface area contributed by atoms with Crippen molar-refractivity contribution in [3.05, 3.63) is 46.5 Å². The van der Waals surface area contributed by atoms with Gasteiger partial charge >= 0.3 is 0 Å². The molecule has 0 aromatic heterocycles. The van der Waals surface area contributed by atoms with Gasteiger partial charge in [-0.3, -0.25) is 9.69 Å². The Morgan fingerprint density at radius 3 is 2.63 bits per heavy atom. The van der Waals surface area contributed by atoms with Crippen molar-refractivity contribution in [2.75, 3.05) is 32.5 Å². The third kappa shape index (κ3) is 7.90. The normalized spacial score (nSPS) is 16.9. The quantitative estimate of drug-likeness (QED) is 0.335. The first-order valence-corrected chi connectivity index (χ1v) is 12.0. The Hall–Kier alpha value is -0.950. The van der Waals surface area contributed by atoms with E-state index >= 15 is 0 Å². The summed E-state index contributed by atoms with van der Waals surface area (Å²) < 4.78 is 0. The number of allylic oxidation sites excluding steroid dienone is 1. The van der Waals surface area contributed by atoms with E-state index in [2.05, 4.69) is 35.2 Å². The Kier molecular flexibility index (Phi) is 10.3. The van der Waals surface area contributed by atoms with Gasteiger partial charge in [-0.15, -0.1) is 0 Å². The topological polar surface area (TPSA) is 43.8 Å². The van der Waals surface area contributed by atoms with E-state index in [1.807, 2.05) is 17.7 Å². The second-order valence-electron chi connectivity index (χ2n) is 7.10. The number of rotatable bonds is 11. The molecule has 1 N–H and O–H groups in total. The maximum atomic E-state index is 10.9. The lowest BCUT2D eigenvalue weighted by Crippen LogP contribution is -2.33. The number of hydrogen-bond donors (Lipinski definition) is 1. The molecule has 0 spiro atoms. The highest BCUT2D eigenvalue weighted by atomic mass is 33.1. The summed E-state index contributed by atoms with van der Waals surface area (Å²) in [4.78, 5) is 16.2. The summed E-state index contributed by atoms with van der Waals surface area (Å²) in [7, 11) is 5.32. The molecule has 0 bridgehead atoms. The van der Waals surface area contributed by atoms with Gasteiger partial charge in [0.05, 0.1) is 0 Å². The monoisotopic (exact) mass is 408 g/mol. The van der Waals surface area contributed by atoms with Gasteiger partial charge in [0.1, 0.15) is 0 Å². The second-order valence-corrected chi connectivity index (χ2v) is 9.61. The number of piperidine rings is 1.